The molecule has 0 saturated carbocycles. The lowest BCUT2D eigenvalue weighted by molar-refractivity contribution is 0.0148. The molecule has 3 nitrogen and oxygen atoms in total. The van der Waals surface area contributed by atoms with E-state index in [0.717, 1.165) is 5.69 Å². The average molecular weight is 276 g/mol. The van der Waals surface area contributed by atoms with Gasteiger partial charge in [0.15, 0.2) is 0 Å². The Balaban J connectivity index is 2.38. The summed E-state index contributed by atoms with van der Waals surface area (Å²) < 4.78 is 13.8. The first-order valence-corrected chi connectivity index (χ1v) is 7.11. The average Bonchev–Trinajstić information content (AvgIpc) is 2.77. The Kier molecular flexibility index (Phi) is 4.01. The van der Waals surface area contributed by atoms with Gasteiger partial charge < -0.3 is 10.0 Å². The van der Waals surface area contributed by atoms with E-state index in [0.29, 0.717) is 19.4 Å². The van der Waals surface area contributed by atoms with Crippen molar-refractivity contribution in [3.05, 3.63) is 29.6 Å². The minimum Gasteiger partial charge on any atom is -0.388 e. The number of nitrogens with zero attached hydrogens (tertiary/aromatic N) is 2. The Morgan fingerprint density at radius 2 is 2.25 bits per heavy atom. The standard InChI is InChI=1S/C16H21FN2O/c1-4-16(20)7-8-19(15(16)11(2)3)13-6-5-12(10-18)14(17)9-13/h5-6,9,11,15,20H,4,7-8H2,1-3H3/t15-,16-/m0/s1. The molecule has 20 heavy (non-hydrogen) atoms. The summed E-state index contributed by atoms with van der Waals surface area (Å²) in [5.41, 5.74) is 0.0720. The van der Waals surface area contributed by atoms with Crippen molar-refractivity contribution >= 4 is 5.69 Å². The second-order valence-corrected chi connectivity index (χ2v) is 5.87. The number of rotatable bonds is 3. The number of aliphatic hydroxyl groups is 1. The van der Waals surface area contributed by atoms with E-state index in [4.69, 9.17) is 5.26 Å². The van der Waals surface area contributed by atoms with Gasteiger partial charge in [0.25, 0.3) is 0 Å². The van der Waals surface area contributed by atoms with Crippen molar-refractivity contribution in [1.82, 2.24) is 0 Å². The van der Waals surface area contributed by atoms with Crippen molar-refractivity contribution in [2.24, 2.45) is 5.92 Å². The molecule has 0 aromatic heterocycles. The highest BCUT2D eigenvalue weighted by atomic mass is 19.1. The van der Waals surface area contributed by atoms with Crippen LogP contribution in [0.4, 0.5) is 10.1 Å². The zero-order valence-corrected chi connectivity index (χ0v) is 12.2. The fraction of sp³-hybridized carbons (Fsp3) is 0.562. The highest BCUT2D eigenvalue weighted by Gasteiger charge is 2.46. The molecule has 1 aliphatic rings. The van der Waals surface area contributed by atoms with Gasteiger partial charge in [-0.2, -0.15) is 5.26 Å². The van der Waals surface area contributed by atoms with Gasteiger partial charge in [-0.05, 0) is 37.0 Å². The molecular formula is C16H21FN2O. The van der Waals surface area contributed by atoms with Gasteiger partial charge in [-0.3, -0.25) is 0 Å². The second kappa shape index (κ2) is 5.41. The molecule has 108 valence electrons. The summed E-state index contributed by atoms with van der Waals surface area (Å²) in [5.74, 6) is -0.236. The number of benzene rings is 1. The van der Waals surface area contributed by atoms with E-state index in [1.165, 1.54) is 12.1 Å². The van der Waals surface area contributed by atoms with Crippen molar-refractivity contribution in [3.63, 3.8) is 0 Å². The molecule has 1 N–H and O–H groups in total. The Morgan fingerprint density at radius 3 is 2.75 bits per heavy atom. The Bertz CT molecular complexity index is 538. The Labute approximate surface area is 119 Å². The van der Waals surface area contributed by atoms with Crippen LogP contribution in [0.15, 0.2) is 18.2 Å². The molecule has 0 radical (unpaired) electrons. The van der Waals surface area contributed by atoms with Crippen LogP contribution in [0, 0.1) is 23.1 Å². The highest BCUT2D eigenvalue weighted by molar-refractivity contribution is 5.53. The zero-order valence-electron chi connectivity index (χ0n) is 12.2. The van der Waals surface area contributed by atoms with E-state index in [-0.39, 0.29) is 17.5 Å². The summed E-state index contributed by atoms with van der Waals surface area (Å²) in [6.07, 6.45) is 1.37. The lowest BCUT2D eigenvalue weighted by atomic mass is 9.84. The summed E-state index contributed by atoms with van der Waals surface area (Å²) in [4.78, 5) is 2.07. The van der Waals surface area contributed by atoms with Crippen molar-refractivity contribution in [1.29, 1.82) is 5.26 Å². The van der Waals surface area contributed by atoms with Gasteiger partial charge >= 0.3 is 0 Å². The van der Waals surface area contributed by atoms with Crippen LogP contribution in [0.1, 0.15) is 39.2 Å². The lowest BCUT2D eigenvalue weighted by Gasteiger charge is -2.37. The highest BCUT2D eigenvalue weighted by Crippen LogP contribution is 2.39. The van der Waals surface area contributed by atoms with Gasteiger partial charge in [0.1, 0.15) is 11.9 Å². The topological polar surface area (TPSA) is 47.3 Å². The molecule has 0 aliphatic carbocycles. The van der Waals surface area contributed by atoms with Crippen molar-refractivity contribution in [2.45, 2.75) is 45.3 Å². The Morgan fingerprint density at radius 1 is 1.55 bits per heavy atom. The van der Waals surface area contributed by atoms with Crippen LogP contribution in [0.2, 0.25) is 0 Å². The minimum absolute atomic E-state index is 0.0279. The fourth-order valence-electron chi connectivity index (χ4n) is 3.32. The SMILES string of the molecule is CC[C@]1(O)CCN(c2ccc(C#N)c(F)c2)[C@H]1C(C)C. The molecule has 1 aromatic carbocycles. The largest absolute Gasteiger partial charge is 0.388 e. The normalized spacial score (nSPS) is 26.1. The van der Waals surface area contributed by atoms with E-state index in [2.05, 4.69) is 18.7 Å². The molecule has 1 saturated heterocycles. The molecule has 1 aliphatic heterocycles. The van der Waals surface area contributed by atoms with Crippen LogP contribution >= 0.6 is 0 Å². The van der Waals surface area contributed by atoms with Crippen molar-refractivity contribution in [3.8, 4) is 6.07 Å². The zero-order chi connectivity index (χ0) is 14.9. The van der Waals surface area contributed by atoms with Gasteiger partial charge in [0.2, 0.25) is 0 Å². The van der Waals surface area contributed by atoms with Crippen LogP contribution in [-0.4, -0.2) is 23.3 Å². The third kappa shape index (κ3) is 2.38. The molecule has 1 aromatic rings. The third-order valence-corrected chi connectivity index (χ3v) is 4.32. The van der Waals surface area contributed by atoms with Crippen molar-refractivity contribution < 1.29 is 9.50 Å². The van der Waals surface area contributed by atoms with Crippen LogP contribution in [-0.2, 0) is 0 Å². The maximum absolute atomic E-state index is 13.8. The lowest BCUT2D eigenvalue weighted by Crippen LogP contribution is -2.47. The first-order valence-electron chi connectivity index (χ1n) is 7.11. The number of hydrogen-bond donors (Lipinski definition) is 1. The number of halogens is 1. The summed E-state index contributed by atoms with van der Waals surface area (Å²) in [7, 11) is 0. The fourth-order valence-corrected chi connectivity index (χ4v) is 3.32. The van der Waals surface area contributed by atoms with Gasteiger partial charge in [0, 0.05) is 12.2 Å². The number of anilines is 1. The van der Waals surface area contributed by atoms with Gasteiger partial charge in [-0.1, -0.05) is 20.8 Å². The van der Waals surface area contributed by atoms with E-state index < -0.39 is 11.4 Å². The number of hydrogen-bond acceptors (Lipinski definition) is 3. The van der Waals surface area contributed by atoms with Gasteiger partial charge in [-0.25, -0.2) is 4.39 Å². The van der Waals surface area contributed by atoms with E-state index >= 15 is 0 Å². The van der Waals surface area contributed by atoms with Crippen LogP contribution in [0.25, 0.3) is 0 Å². The molecule has 0 unspecified atom stereocenters. The summed E-state index contributed by atoms with van der Waals surface area (Å²) in [5, 5.41) is 19.5. The third-order valence-electron chi connectivity index (χ3n) is 4.32. The molecule has 0 bridgehead atoms. The molecule has 0 amide bonds. The maximum atomic E-state index is 13.8. The van der Waals surface area contributed by atoms with E-state index in [1.807, 2.05) is 13.0 Å². The second-order valence-electron chi connectivity index (χ2n) is 5.87. The summed E-state index contributed by atoms with van der Waals surface area (Å²) >= 11 is 0. The predicted octanol–water partition coefficient (Wildman–Crippen LogP) is 3.07. The minimum atomic E-state index is -0.724. The predicted molar refractivity (Wildman–Crippen MR) is 76.9 cm³/mol. The molecular weight excluding hydrogens is 255 g/mol. The Hall–Kier alpha value is -1.60. The van der Waals surface area contributed by atoms with Crippen LogP contribution in [0.5, 0.6) is 0 Å². The number of nitriles is 1. The van der Waals surface area contributed by atoms with Gasteiger partial charge in [-0.15, -0.1) is 0 Å². The molecule has 4 heteroatoms. The summed E-state index contributed by atoms with van der Waals surface area (Å²) in [6, 6.07) is 6.47. The molecule has 1 heterocycles. The molecule has 2 atom stereocenters. The van der Waals surface area contributed by atoms with Crippen LogP contribution in [0.3, 0.4) is 0 Å². The maximum Gasteiger partial charge on any atom is 0.143 e. The summed E-state index contributed by atoms with van der Waals surface area (Å²) in [6.45, 7) is 6.84. The van der Waals surface area contributed by atoms with Gasteiger partial charge in [0.05, 0.1) is 17.2 Å². The van der Waals surface area contributed by atoms with E-state index in [9.17, 15) is 9.50 Å². The van der Waals surface area contributed by atoms with E-state index in [1.54, 1.807) is 6.07 Å². The molecule has 2 rings (SSSR count). The smallest absolute Gasteiger partial charge is 0.143 e. The molecule has 0 spiro atoms. The quantitative estimate of drug-likeness (QED) is 0.923. The van der Waals surface area contributed by atoms with Crippen molar-refractivity contribution in [2.75, 3.05) is 11.4 Å². The molecule has 1 fully saturated rings. The first kappa shape index (κ1) is 14.8. The first-order chi connectivity index (χ1) is 9.42. The van der Waals surface area contributed by atoms with Crippen LogP contribution < -0.4 is 4.90 Å². The monoisotopic (exact) mass is 276 g/mol.